The first-order chi connectivity index (χ1) is 11.2. The third kappa shape index (κ3) is 5.07. The number of rotatable bonds is 7. The van der Waals surface area contributed by atoms with Gasteiger partial charge in [0.25, 0.3) is 0 Å². The van der Waals surface area contributed by atoms with Crippen molar-refractivity contribution in [2.45, 2.75) is 39.7 Å². The van der Waals surface area contributed by atoms with E-state index in [1.165, 1.54) is 8.66 Å². The second-order valence-electron chi connectivity index (χ2n) is 5.05. The number of aliphatic imine (C=N–C) groups is 1. The van der Waals surface area contributed by atoms with Crippen LogP contribution in [0.1, 0.15) is 35.7 Å². The molecule has 0 spiro atoms. The zero-order chi connectivity index (χ0) is 16.7. The molecule has 0 aliphatic heterocycles. The maximum Gasteiger partial charge on any atom is 0.191 e. The molecule has 2 rings (SSSR count). The molecule has 7 heteroatoms. The Bertz CT molecular complexity index is 629. The molecule has 2 N–H and O–H groups in total. The van der Waals surface area contributed by atoms with E-state index in [9.17, 15) is 0 Å². The van der Waals surface area contributed by atoms with Gasteiger partial charge in [-0.1, -0.05) is 19.0 Å². The van der Waals surface area contributed by atoms with Crippen molar-refractivity contribution in [3.63, 3.8) is 0 Å². The number of hydrogen-bond donors (Lipinski definition) is 2. The lowest BCUT2D eigenvalue weighted by molar-refractivity contribution is 0.380. The van der Waals surface area contributed by atoms with E-state index in [0.29, 0.717) is 6.54 Å². The molecule has 23 heavy (non-hydrogen) atoms. The van der Waals surface area contributed by atoms with Crippen molar-refractivity contribution < 1.29 is 4.52 Å². The van der Waals surface area contributed by atoms with Crippen LogP contribution in [-0.4, -0.2) is 24.7 Å². The highest BCUT2D eigenvalue weighted by atomic mass is 79.9. The highest BCUT2D eigenvalue weighted by molar-refractivity contribution is 9.11. The molecule has 126 valence electrons. The minimum atomic E-state index is 0.681. The van der Waals surface area contributed by atoms with Crippen LogP contribution < -0.4 is 10.6 Å². The highest BCUT2D eigenvalue weighted by Crippen LogP contribution is 2.22. The summed E-state index contributed by atoms with van der Waals surface area (Å²) in [5, 5.41) is 10.8. The molecule has 0 aromatic carbocycles. The zero-order valence-corrected chi connectivity index (χ0v) is 16.2. The van der Waals surface area contributed by atoms with Crippen molar-refractivity contribution in [3.05, 3.63) is 37.8 Å². The number of halogens is 1. The lowest BCUT2D eigenvalue weighted by Crippen LogP contribution is -2.38. The van der Waals surface area contributed by atoms with Gasteiger partial charge in [-0.25, -0.2) is 0 Å². The summed E-state index contributed by atoms with van der Waals surface area (Å²) >= 11 is 5.25. The predicted octanol–water partition coefficient (Wildman–Crippen LogP) is 3.53. The summed E-state index contributed by atoms with van der Waals surface area (Å²) < 4.78 is 6.56. The molecule has 2 aromatic rings. The molecule has 2 aromatic heterocycles. The lowest BCUT2D eigenvalue weighted by Gasteiger charge is -2.11. The van der Waals surface area contributed by atoms with E-state index in [0.717, 1.165) is 48.8 Å². The minimum Gasteiger partial charge on any atom is -0.361 e. The van der Waals surface area contributed by atoms with Crippen molar-refractivity contribution in [1.29, 1.82) is 0 Å². The fraction of sp³-hybridized carbons (Fsp3) is 0.500. The molecule has 0 fully saturated rings. The third-order valence-electron chi connectivity index (χ3n) is 3.56. The number of nitrogens with zero attached hydrogens (tertiary/aromatic N) is 2. The van der Waals surface area contributed by atoms with Crippen LogP contribution in [0.3, 0.4) is 0 Å². The molecule has 0 radical (unpaired) electrons. The average Bonchev–Trinajstić information content (AvgIpc) is 3.16. The van der Waals surface area contributed by atoms with Crippen LogP contribution in [0.15, 0.2) is 25.4 Å². The number of aromatic nitrogens is 1. The molecule has 0 aliphatic rings. The van der Waals surface area contributed by atoms with Crippen LogP contribution in [0.2, 0.25) is 0 Å². The van der Waals surface area contributed by atoms with Crippen molar-refractivity contribution in [2.24, 2.45) is 4.99 Å². The van der Waals surface area contributed by atoms with Crippen LogP contribution >= 0.6 is 27.3 Å². The van der Waals surface area contributed by atoms with Gasteiger partial charge in [0.1, 0.15) is 5.76 Å². The molecule has 2 heterocycles. The van der Waals surface area contributed by atoms with Gasteiger partial charge in [-0.15, -0.1) is 11.3 Å². The van der Waals surface area contributed by atoms with Gasteiger partial charge in [-0.05, 0) is 40.9 Å². The standard InChI is InChI=1S/C16H23BrN4OS/c1-4-13-12(14(5-2)22-21-13)10-20-16(18-3)19-9-8-11-6-7-15(17)23-11/h6-7H,4-5,8-10H2,1-3H3,(H2,18,19,20). The highest BCUT2D eigenvalue weighted by Gasteiger charge is 2.13. The quantitative estimate of drug-likeness (QED) is 0.552. The number of aryl methyl sites for hydroxylation is 2. The predicted molar refractivity (Wildman–Crippen MR) is 99.2 cm³/mol. The van der Waals surface area contributed by atoms with Crippen LogP contribution in [0, 0.1) is 0 Å². The van der Waals surface area contributed by atoms with Gasteiger partial charge in [-0.2, -0.15) is 0 Å². The molecule has 0 unspecified atom stereocenters. The summed E-state index contributed by atoms with van der Waals surface area (Å²) in [5.74, 6) is 1.75. The van der Waals surface area contributed by atoms with E-state index in [2.05, 4.69) is 62.7 Å². The maximum absolute atomic E-state index is 5.39. The monoisotopic (exact) mass is 398 g/mol. The van der Waals surface area contributed by atoms with E-state index in [-0.39, 0.29) is 0 Å². The Balaban J connectivity index is 1.84. The lowest BCUT2D eigenvalue weighted by atomic mass is 10.1. The van der Waals surface area contributed by atoms with E-state index in [1.807, 2.05) is 0 Å². The second-order valence-corrected chi connectivity index (χ2v) is 7.59. The third-order valence-corrected chi connectivity index (χ3v) is 5.24. The normalized spacial score (nSPS) is 11.7. The van der Waals surface area contributed by atoms with E-state index >= 15 is 0 Å². The van der Waals surface area contributed by atoms with Gasteiger partial charge in [0.15, 0.2) is 5.96 Å². The Morgan fingerprint density at radius 2 is 2.13 bits per heavy atom. The molecule has 0 atom stereocenters. The number of nitrogens with one attached hydrogen (secondary N) is 2. The zero-order valence-electron chi connectivity index (χ0n) is 13.8. The average molecular weight is 399 g/mol. The van der Waals surface area contributed by atoms with Crippen LogP contribution in [0.4, 0.5) is 0 Å². The van der Waals surface area contributed by atoms with Crippen molar-refractivity contribution in [2.75, 3.05) is 13.6 Å². The van der Waals surface area contributed by atoms with Gasteiger partial charge in [0, 0.05) is 37.0 Å². The van der Waals surface area contributed by atoms with Crippen LogP contribution in [0.5, 0.6) is 0 Å². The summed E-state index contributed by atoms with van der Waals surface area (Å²) in [6, 6.07) is 4.22. The topological polar surface area (TPSA) is 62.5 Å². The maximum atomic E-state index is 5.39. The molecule has 0 saturated carbocycles. The van der Waals surface area contributed by atoms with Crippen molar-refractivity contribution >= 4 is 33.2 Å². The minimum absolute atomic E-state index is 0.681. The molecular weight excluding hydrogens is 376 g/mol. The van der Waals surface area contributed by atoms with Crippen molar-refractivity contribution in [3.8, 4) is 0 Å². The Labute approximate surface area is 149 Å². The van der Waals surface area contributed by atoms with E-state index < -0.39 is 0 Å². The first-order valence-electron chi connectivity index (χ1n) is 7.82. The fourth-order valence-corrected chi connectivity index (χ4v) is 3.80. The van der Waals surface area contributed by atoms with E-state index in [4.69, 9.17) is 4.52 Å². The summed E-state index contributed by atoms with van der Waals surface area (Å²) in [6.45, 7) is 5.69. The molecule has 0 bridgehead atoms. The Hall–Kier alpha value is -1.34. The Morgan fingerprint density at radius 3 is 2.74 bits per heavy atom. The summed E-state index contributed by atoms with van der Waals surface area (Å²) in [7, 11) is 1.78. The first-order valence-corrected chi connectivity index (χ1v) is 9.43. The molecule has 0 aliphatic carbocycles. The van der Waals surface area contributed by atoms with Gasteiger partial charge in [0.05, 0.1) is 9.48 Å². The molecular formula is C16H23BrN4OS. The fourth-order valence-electron chi connectivity index (χ4n) is 2.32. The van der Waals surface area contributed by atoms with Gasteiger partial charge < -0.3 is 15.2 Å². The van der Waals surface area contributed by atoms with Gasteiger partial charge >= 0.3 is 0 Å². The van der Waals surface area contributed by atoms with Crippen molar-refractivity contribution in [1.82, 2.24) is 15.8 Å². The first kappa shape index (κ1) is 18.0. The summed E-state index contributed by atoms with van der Waals surface area (Å²) in [6.07, 6.45) is 2.70. The van der Waals surface area contributed by atoms with Crippen LogP contribution in [-0.2, 0) is 25.8 Å². The summed E-state index contributed by atoms with van der Waals surface area (Å²) in [5.41, 5.74) is 2.17. The van der Waals surface area contributed by atoms with E-state index in [1.54, 1.807) is 18.4 Å². The van der Waals surface area contributed by atoms with Gasteiger partial charge in [0.2, 0.25) is 0 Å². The van der Waals surface area contributed by atoms with Gasteiger partial charge in [-0.3, -0.25) is 4.99 Å². The number of thiophene rings is 1. The summed E-state index contributed by atoms with van der Waals surface area (Å²) in [4.78, 5) is 5.62. The second kappa shape index (κ2) is 9.08. The molecule has 0 saturated heterocycles. The SMILES string of the molecule is CCc1noc(CC)c1CNC(=NC)NCCc1ccc(Br)s1. The molecule has 0 amide bonds. The Kier molecular flexibility index (Phi) is 7.11. The number of guanidine groups is 1. The number of hydrogen-bond acceptors (Lipinski definition) is 4. The van der Waals surface area contributed by atoms with Crippen LogP contribution in [0.25, 0.3) is 0 Å². The Morgan fingerprint density at radius 1 is 1.30 bits per heavy atom. The smallest absolute Gasteiger partial charge is 0.191 e. The molecule has 5 nitrogen and oxygen atoms in total. The largest absolute Gasteiger partial charge is 0.361 e.